The fourth-order valence-electron chi connectivity index (χ4n) is 11.0. The zero-order valence-corrected chi connectivity index (χ0v) is 45.3. The molecular formula is C51H64ClFN3NaO17. The zero-order chi connectivity index (χ0) is 52.9. The molecule has 3 unspecified atom stereocenters. The van der Waals surface area contributed by atoms with E-state index in [4.69, 9.17) is 28.4 Å². The number of aromatic nitrogens is 2. The van der Waals surface area contributed by atoms with Crippen molar-refractivity contribution in [2.45, 2.75) is 147 Å². The molecule has 1 amide bonds. The summed E-state index contributed by atoms with van der Waals surface area (Å²) in [6.07, 6.45) is -9.56. The van der Waals surface area contributed by atoms with Crippen LogP contribution in [0.4, 0.5) is 9.18 Å². The predicted octanol–water partition coefficient (Wildman–Crippen LogP) is -2.52. The van der Waals surface area contributed by atoms with Gasteiger partial charge in [0.05, 0.1) is 41.8 Å². The van der Waals surface area contributed by atoms with E-state index >= 15 is 0 Å². The van der Waals surface area contributed by atoms with Crippen molar-refractivity contribution in [2.75, 3.05) is 13.2 Å². The summed E-state index contributed by atoms with van der Waals surface area (Å²) in [6.45, 7) is 12.3. The molecule has 6 N–H and O–H groups in total. The second-order valence-electron chi connectivity index (χ2n) is 20.7. The van der Waals surface area contributed by atoms with Gasteiger partial charge < -0.3 is 68.0 Å². The maximum absolute atomic E-state index is 14.9. The van der Waals surface area contributed by atoms with Gasteiger partial charge in [0.15, 0.2) is 17.5 Å². The molecule has 0 spiro atoms. The van der Waals surface area contributed by atoms with Crippen LogP contribution < -0.4 is 58.5 Å². The second kappa shape index (κ2) is 22.8. The third kappa shape index (κ3) is 11.2. The van der Waals surface area contributed by atoms with Gasteiger partial charge in [-0.25, -0.2) is 19.2 Å². The van der Waals surface area contributed by atoms with Crippen molar-refractivity contribution in [3.8, 4) is 0 Å². The van der Waals surface area contributed by atoms with E-state index in [0.717, 1.165) is 24.1 Å². The smallest absolute Gasteiger partial charge is 1.00 e. The van der Waals surface area contributed by atoms with E-state index in [1.54, 1.807) is 83.1 Å². The molecule has 0 radical (unpaired) electrons. The minimum atomic E-state index is -2.35. The number of carbonyl (C=O) groups is 5. The number of ether oxygens (including phenoxy) is 6. The van der Waals surface area contributed by atoms with Crippen LogP contribution in [0.15, 0.2) is 87.6 Å². The molecule has 12 atom stereocenters. The van der Waals surface area contributed by atoms with Gasteiger partial charge in [-0.05, 0) is 76.3 Å². The Morgan fingerprint density at radius 3 is 2.16 bits per heavy atom. The fourth-order valence-corrected chi connectivity index (χ4v) is 11.0. The van der Waals surface area contributed by atoms with E-state index in [0.29, 0.717) is 18.6 Å². The summed E-state index contributed by atoms with van der Waals surface area (Å²) >= 11 is 0. The summed E-state index contributed by atoms with van der Waals surface area (Å²) in [5, 5.41) is 51.6. The quantitative estimate of drug-likeness (QED) is 0.0558. The minimum absolute atomic E-state index is 0. The second-order valence-corrected chi connectivity index (χ2v) is 20.7. The van der Waals surface area contributed by atoms with Crippen LogP contribution in [0.1, 0.15) is 112 Å². The van der Waals surface area contributed by atoms with E-state index in [1.807, 2.05) is 4.98 Å². The SMILES string of the molecule is CC(=O)O[C@@]12CO[C@@H]1C[C@H](O)[C@@]1(C)C(=O)[C@H](O)C3=C(C)C(OC(=O)[C@H](O)[C@@H](NC(=O)OC(C)(C)C)c4ccccc4)C[C@@](O)(C(OC(=O)c4ccccc4)C12)C3(C)C.O=c1[nH]c(=O)n([C@H]2CCCO2)cc1F.[Cl-].[H+].[H-].[Na+]. The number of benzene rings is 2. The molecule has 2 aliphatic heterocycles. The summed E-state index contributed by atoms with van der Waals surface area (Å²) in [4.78, 5) is 92.8. The van der Waals surface area contributed by atoms with Crippen molar-refractivity contribution in [3.05, 3.63) is 116 Å². The van der Waals surface area contributed by atoms with Gasteiger partial charge in [0.1, 0.15) is 41.8 Å². The molecule has 2 bridgehead atoms. The van der Waals surface area contributed by atoms with Crippen molar-refractivity contribution in [3.63, 3.8) is 0 Å². The number of nitrogens with one attached hydrogen (secondary N) is 2. The van der Waals surface area contributed by atoms with Gasteiger partial charge in [-0.2, -0.15) is 4.39 Å². The van der Waals surface area contributed by atoms with Crippen LogP contribution in [0.25, 0.3) is 0 Å². The van der Waals surface area contributed by atoms with Gasteiger partial charge >= 0.3 is 60.7 Å². The van der Waals surface area contributed by atoms with Crippen LogP contribution in [-0.2, 0) is 42.8 Å². The van der Waals surface area contributed by atoms with Crippen LogP contribution in [0.3, 0.4) is 0 Å². The van der Waals surface area contributed by atoms with Crippen LogP contribution in [0.2, 0.25) is 0 Å². The maximum Gasteiger partial charge on any atom is 1.00 e. The normalized spacial score (nSPS) is 30.4. The standard InChI is InChI=1S/C43H53NO14.C8H9FN2O3.ClH.Na.H/c1-22-26(55-37(51)32(48)30(24-15-11-9-12-16-24)44-38(52)58-39(3,4)5)20-43(53)35(56-36(50)25-17-13-10-14-18-25)33-41(8,34(49)31(47)29(22)40(43,6)7)27(46)19-28-42(33,21-54-28)57-23(2)45;9-5-4-11(6-2-1-3-14-6)8(13)10-7(5)12;;;/h9-18,26-28,30-33,35,46-48,53H,19-21H2,1-8H3,(H,44,52);4,6H,1-3H2,(H,10,12,13);1H;;/q;;;+1;-1/t26?,27-,28+,30-,31+,32+,33?,35?,41+,42-,43+;6-;;;/m01.../s1. The number of alkyl carbamates (subject to hydrolysis) is 1. The number of hydrogen-bond acceptors (Lipinski definition) is 17. The zero-order valence-electron chi connectivity index (χ0n) is 44.6. The number of hydrogen-bond donors (Lipinski definition) is 6. The molecule has 2 saturated heterocycles. The monoisotopic (exact) mass is 1070 g/mol. The first-order chi connectivity index (χ1) is 33.7. The Morgan fingerprint density at radius 2 is 1.61 bits per heavy atom. The summed E-state index contributed by atoms with van der Waals surface area (Å²) in [7, 11) is 0. The molecule has 3 heterocycles. The first kappa shape index (κ1) is 60.1. The molecule has 3 aromatic rings. The molecule has 74 heavy (non-hydrogen) atoms. The average molecular weight is 1070 g/mol. The number of nitrogens with zero attached hydrogens (tertiary/aromatic N) is 1. The van der Waals surface area contributed by atoms with Gasteiger partial charge in [-0.15, -0.1) is 0 Å². The maximum atomic E-state index is 14.9. The van der Waals surface area contributed by atoms with Crippen molar-refractivity contribution in [1.29, 1.82) is 0 Å². The molecule has 20 nitrogen and oxygen atoms in total. The minimum Gasteiger partial charge on any atom is -1.00 e. The number of esters is 3. The Kier molecular flexibility index (Phi) is 18.5. The number of fused-ring (bicyclic) bond motifs is 5. The number of H-pyrrole nitrogens is 1. The predicted molar refractivity (Wildman–Crippen MR) is 251 cm³/mol. The molecule has 5 aliphatic rings. The first-order valence-corrected chi connectivity index (χ1v) is 23.6. The van der Waals surface area contributed by atoms with E-state index in [-0.39, 0.29) is 74.6 Å². The van der Waals surface area contributed by atoms with Crippen LogP contribution >= 0.6 is 0 Å². The molecule has 2 saturated carbocycles. The van der Waals surface area contributed by atoms with Crippen molar-refractivity contribution < 1.29 is 122 Å². The summed E-state index contributed by atoms with van der Waals surface area (Å²) < 4.78 is 48.6. The number of amides is 1. The molecule has 2 aromatic carbocycles. The third-order valence-electron chi connectivity index (χ3n) is 14.7. The van der Waals surface area contributed by atoms with E-state index in [1.165, 1.54) is 26.0 Å². The first-order valence-electron chi connectivity index (χ1n) is 23.6. The number of rotatable bonds is 9. The van der Waals surface area contributed by atoms with E-state index < -0.39 is 136 Å². The largest absolute Gasteiger partial charge is 1.00 e. The van der Waals surface area contributed by atoms with Gasteiger partial charge in [0.25, 0.3) is 5.56 Å². The number of ketones is 1. The number of carbonyl (C=O) groups excluding carboxylic acids is 5. The summed E-state index contributed by atoms with van der Waals surface area (Å²) in [5.74, 6) is -6.34. The molecule has 3 aliphatic carbocycles. The summed E-state index contributed by atoms with van der Waals surface area (Å²) in [6, 6.07) is 14.6. The Balaban J connectivity index is 0.000000730. The molecule has 8 rings (SSSR count). The summed E-state index contributed by atoms with van der Waals surface area (Å²) in [5.41, 5.74) is -9.77. The Bertz CT molecular complexity index is 2740. The molecule has 23 heteroatoms. The Labute approximate surface area is 456 Å². The Hall–Kier alpha value is -4.81. The van der Waals surface area contributed by atoms with Gasteiger partial charge in [0.2, 0.25) is 5.82 Å². The number of halogens is 2. The molecule has 1 aromatic heterocycles. The van der Waals surface area contributed by atoms with E-state index in [9.17, 15) is 58.4 Å². The number of aliphatic hydroxyl groups excluding tert-OH is 3. The molecular weight excluding hydrogens is 1000 g/mol. The van der Waals surface area contributed by atoms with Gasteiger partial charge in [0, 0.05) is 31.8 Å². The van der Waals surface area contributed by atoms with E-state index in [2.05, 4.69) is 5.32 Å². The van der Waals surface area contributed by atoms with Gasteiger partial charge in [-0.3, -0.25) is 23.9 Å². The average Bonchev–Trinajstić information content (AvgIpc) is 3.85. The van der Waals surface area contributed by atoms with Crippen LogP contribution in [0, 0.1) is 22.6 Å². The third-order valence-corrected chi connectivity index (χ3v) is 14.7. The van der Waals surface area contributed by atoms with Crippen molar-refractivity contribution in [2.24, 2.45) is 16.7 Å². The molecule has 4 fully saturated rings. The van der Waals surface area contributed by atoms with Crippen molar-refractivity contribution >= 4 is 29.8 Å². The Morgan fingerprint density at radius 1 is 0.986 bits per heavy atom. The topological polar surface area (TPSA) is 289 Å². The number of aromatic amines is 1. The van der Waals surface area contributed by atoms with Crippen molar-refractivity contribution in [1.82, 2.24) is 14.9 Å². The van der Waals surface area contributed by atoms with Crippen LogP contribution in [-0.4, -0.2) is 126 Å². The number of Topliss-reactive ketones (excluding diaryl/α,β-unsaturated/α-hetero) is 1. The van der Waals surface area contributed by atoms with Gasteiger partial charge in [-0.1, -0.05) is 62.4 Å². The number of aliphatic hydroxyl groups is 4. The fraction of sp³-hybridized carbons (Fsp3) is 0.549. The molecule has 400 valence electrons. The van der Waals surface area contributed by atoms with Crippen LogP contribution in [0.5, 0.6) is 0 Å².